The number of aromatic amines is 1. The van der Waals surface area contributed by atoms with Crippen LogP contribution in [-0.2, 0) is 22.6 Å². The molecule has 0 spiro atoms. The quantitative estimate of drug-likeness (QED) is 0.349. The Bertz CT molecular complexity index is 1300. The number of nitrogens with zero attached hydrogens (tertiary/aromatic N) is 2. The monoisotopic (exact) mass is 493 g/mol. The van der Waals surface area contributed by atoms with Crippen LogP contribution in [-0.4, -0.2) is 34.6 Å². The minimum absolute atomic E-state index is 0.0136. The lowest BCUT2D eigenvalue weighted by molar-refractivity contribution is -0.115. The van der Waals surface area contributed by atoms with Crippen molar-refractivity contribution in [3.63, 3.8) is 0 Å². The lowest BCUT2D eigenvalue weighted by atomic mass is 10.2. The van der Waals surface area contributed by atoms with E-state index in [-0.39, 0.29) is 31.2 Å². The number of amides is 1. The van der Waals surface area contributed by atoms with E-state index in [1.807, 2.05) is 37.3 Å². The Morgan fingerprint density at radius 3 is 2.39 bits per heavy atom. The number of H-pyrrole nitrogens is 1. The number of esters is 1. The van der Waals surface area contributed by atoms with Gasteiger partial charge in [-0.15, -0.1) is 0 Å². The first-order valence-electron chi connectivity index (χ1n) is 11.8. The molecule has 3 aromatic rings. The number of rotatable bonds is 11. The first-order valence-corrected chi connectivity index (χ1v) is 11.8. The van der Waals surface area contributed by atoms with Crippen molar-refractivity contribution in [2.75, 3.05) is 29.1 Å². The van der Waals surface area contributed by atoms with Crippen molar-refractivity contribution in [2.24, 2.45) is 0 Å². The third-order valence-electron chi connectivity index (χ3n) is 5.50. The van der Waals surface area contributed by atoms with E-state index in [0.717, 1.165) is 12.0 Å². The Kier molecular flexibility index (Phi) is 9.04. The average Bonchev–Trinajstić information content (AvgIpc) is 2.85. The molecule has 3 rings (SSSR count). The number of anilines is 3. The van der Waals surface area contributed by atoms with Crippen LogP contribution in [0.5, 0.6) is 0 Å². The number of carbonyl (C=O) groups excluding carboxylic acids is 2. The lowest BCUT2D eigenvalue weighted by Crippen LogP contribution is -2.41. The summed E-state index contributed by atoms with van der Waals surface area (Å²) >= 11 is 0. The fraction of sp³-hybridized carbons (Fsp3) is 0.308. The maximum atomic E-state index is 13.0. The highest BCUT2D eigenvalue weighted by Crippen LogP contribution is 2.20. The zero-order chi connectivity index (χ0) is 26.1. The smallest absolute Gasteiger partial charge is 0.338 e. The van der Waals surface area contributed by atoms with E-state index >= 15 is 0 Å². The molecule has 0 aliphatic heterocycles. The highest BCUT2D eigenvalue weighted by molar-refractivity contribution is 5.95. The van der Waals surface area contributed by atoms with E-state index in [4.69, 9.17) is 10.5 Å². The summed E-state index contributed by atoms with van der Waals surface area (Å²) in [4.78, 5) is 53.9. The van der Waals surface area contributed by atoms with Crippen molar-refractivity contribution < 1.29 is 14.3 Å². The maximum absolute atomic E-state index is 13.0. The Hall–Kier alpha value is -4.34. The summed E-state index contributed by atoms with van der Waals surface area (Å²) in [6.45, 7) is 4.34. The van der Waals surface area contributed by atoms with E-state index in [0.29, 0.717) is 24.2 Å². The zero-order valence-electron chi connectivity index (χ0n) is 20.5. The molecule has 1 aromatic heterocycles. The van der Waals surface area contributed by atoms with Crippen molar-refractivity contribution in [3.05, 3.63) is 86.6 Å². The first-order chi connectivity index (χ1) is 17.3. The van der Waals surface area contributed by atoms with Gasteiger partial charge in [0, 0.05) is 18.8 Å². The Balaban J connectivity index is 1.88. The molecule has 0 saturated heterocycles. The van der Waals surface area contributed by atoms with Crippen LogP contribution in [0.1, 0.15) is 42.6 Å². The summed E-state index contributed by atoms with van der Waals surface area (Å²) in [5.41, 5.74) is 6.82. The largest absolute Gasteiger partial charge is 0.462 e. The minimum Gasteiger partial charge on any atom is -0.462 e. The number of aromatic nitrogens is 2. The van der Waals surface area contributed by atoms with Crippen molar-refractivity contribution in [1.82, 2.24) is 9.55 Å². The molecule has 10 heteroatoms. The second-order valence-corrected chi connectivity index (χ2v) is 8.19. The number of ether oxygens (including phenoxy) is 1. The van der Waals surface area contributed by atoms with E-state index in [1.165, 1.54) is 4.57 Å². The fourth-order valence-corrected chi connectivity index (χ4v) is 3.72. The normalized spacial score (nSPS) is 10.6. The highest BCUT2D eigenvalue weighted by atomic mass is 16.5. The number of hydrogen-bond donors (Lipinski definition) is 3. The van der Waals surface area contributed by atoms with Crippen molar-refractivity contribution in [3.8, 4) is 0 Å². The topological polar surface area (TPSA) is 140 Å². The highest BCUT2D eigenvalue weighted by Gasteiger charge is 2.21. The van der Waals surface area contributed by atoms with Gasteiger partial charge in [0.05, 0.1) is 18.7 Å². The van der Waals surface area contributed by atoms with Gasteiger partial charge in [-0.05, 0) is 43.2 Å². The van der Waals surface area contributed by atoms with Crippen LogP contribution < -0.4 is 27.2 Å². The van der Waals surface area contributed by atoms with Crippen LogP contribution in [0.15, 0.2) is 64.2 Å². The summed E-state index contributed by atoms with van der Waals surface area (Å²) in [5, 5.41) is 2.77. The summed E-state index contributed by atoms with van der Waals surface area (Å²) in [7, 11) is 0. The molecule has 10 nitrogen and oxygen atoms in total. The maximum Gasteiger partial charge on any atom is 0.338 e. The molecule has 0 radical (unpaired) electrons. The van der Waals surface area contributed by atoms with Crippen LogP contribution in [0.3, 0.4) is 0 Å². The molecule has 36 heavy (non-hydrogen) atoms. The van der Waals surface area contributed by atoms with E-state index in [2.05, 4.69) is 10.3 Å². The SMILES string of the molecule is CCCCn1c(N)c(N(CC(=O)Nc2ccc(C(=O)OCC)cc2)Cc2ccccc2)c(=O)[nH]c1=O. The van der Waals surface area contributed by atoms with Crippen molar-refractivity contribution in [2.45, 2.75) is 39.8 Å². The van der Waals surface area contributed by atoms with E-state index in [1.54, 1.807) is 36.1 Å². The Morgan fingerprint density at radius 2 is 1.75 bits per heavy atom. The first kappa shape index (κ1) is 26.3. The summed E-state index contributed by atoms with van der Waals surface area (Å²) in [5.74, 6) is -0.836. The van der Waals surface area contributed by atoms with Gasteiger partial charge in [0.25, 0.3) is 5.56 Å². The number of unbranched alkanes of at least 4 members (excludes halogenated alkanes) is 1. The van der Waals surface area contributed by atoms with Crippen LogP contribution >= 0.6 is 0 Å². The molecular weight excluding hydrogens is 462 g/mol. The molecule has 0 bridgehead atoms. The predicted octanol–water partition coefficient (Wildman–Crippen LogP) is 2.74. The minimum atomic E-state index is -0.659. The molecule has 0 aliphatic rings. The van der Waals surface area contributed by atoms with Crippen molar-refractivity contribution in [1.29, 1.82) is 0 Å². The van der Waals surface area contributed by atoms with Crippen LogP contribution in [0.2, 0.25) is 0 Å². The lowest BCUT2D eigenvalue weighted by Gasteiger charge is -2.26. The fourth-order valence-electron chi connectivity index (χ4n) is 3.72. The van der Waals surface area contributed by atoms with Gasteiger partial charge in [-0.3, -0.25) is 19.1 Å². The van der Waals surface area contributed by atoms with Gasteiger partial charge in [0.2, 0.25) is 5.91 Å². The molecule has 1 amide bonds. The summed E-state index contributed by atoms with van der Waals surface area (Å²) < 4.78 is 6.29. The Labute approximate surface area is 208 Å². The Morgan fingerprint density at radius 1 is 1.06 bits per heavy atom. The number of benzene rings is 2. The van der Waals surface area contributed by atoms with Crippen molar-refractivity contribution >= 4 is 29.1 Å². The number of nitrogen functional groups attached to an aromatic ring is 1. The molecule has 2 aromatic carbocycles. The van der Waals surface area contributed by atoms with Gasteiger partial charge in [-0.2, -0.15) is 0 Å². The molecular formula is C26H31N5O5. The summed E-state index contributed by atoms with van der Waals surface area (Å²) in [6, 6.07) is 15.6. The molecule has 1 heterocycles. The third kappa shape index (κ3) is 6.62. The van der Waals surface area contributed by atoms with E-state index < -0.39 is 23.1 Å². The van der Waals surface area contributed by atoms with Gasteiger partial charge in [0.15, 0.2) is 0 Å². The van der Waals surface area contributed by atoms with Gasteiger partial charge >= 0.3 is 11.7 Å². The average molecular weight is 494 g/mol. The second kappa shape index (κ2) is 12.4. The van der Waals surface area contributed by atoms with Gasteiger partial charge in [0.1, 0.15) is 11.5 Å². The molecule has 0 unspecified atom stereocenters. The molecule has 4 N–H and O–H groups in total. The molecule has 0 aliphatic carbocycles. The molecule has 0 atom stereocenters. The third-order valence-corrected chi connectivity index (χ3v) is 5.50. The number of nitrogens with one attached hydrogen (secondary N) is 2. The number of nitrogens with two attached hydrogens (primary N) is 1. The van der Waals surface area contributed by atoms with Gasteiger partial charge in [-0.25, -0.2) is 9.59 Å². The molecule has 190 valence electrons. The van der Waals surface area contributed by atoms with Crippen LogP contribution in [0.4, 0.5) is 17.2 Å². The molecule has 0 saturated carbocycles. The standard InChI is InChI=1S/C26H31N5O5/c1-3-5-15-31-23(27)22(24(33)29-26(31)35)30(16-18-9-7-6-8-10-18)17-21(32)28-20-13-11-19(12-14-20)25(34)36-4-2/h6-14H,3-5,15-17,27H2,1-2H3,(H,28,32)(H,29,33,35). The second-order valence-electron chi connectivity index (χ2n) is 8.19. The van der Waals surface area contributed by atoms with Gasteiger partial charge < -0.3 is 20.7 Å². The predicted molar refractivity (Wildman–Crippen MR) is 139 cm³/mol. The van der Waals surface area contributed by atoms with E-state index in [9.17, 15) is 19.2 Å². The van der Waals surface area contributed by atoms with Gasteiger partial charge in [-0.1, -0.05) is 43.7 Å². The zero-order valence-corrected chi connectivity index (χ0v) is 20.5. The van der Waals surface area contributed by atoms with Crippen LogP contribution in [0, 0.1) is 0 Å². The number of hydrogen-bond acceptors (Lipinski definition) is 7. The number of carbonyl (C=O) groups is 2. The summed E-state index contributed by atoms with van der Waals surface area (Å²) in [6.07, 6.45) is 1.54. The van der Waals surface area contributed by atoms with Crippen LogP contribution in [0.25, 0.3) is 0 Å². The molecule has 0 fully saturated rings.